The Balaban J connectivity index is 2.79. The molecular formula is C10H12ClN3O2. The van der Waals surface area contributed by atoms with Crippen molar-refractivity contribution in [1.82, 2.24) is 15.2 Å². The summed E-state index contributed by atoms with van der Waals surface area (Å²) in [6.07, 6.45) is 2.87. The predicted octanol–water partition coefficient (Wildman–Crippen LogP) is 0.553. The largest absolute Gasteiger partial charge is 0.358 e. The fraction of sp³-hybridized carbons (Fsp3) is 0.300. The minimum Gasteiger partial charge on any atom is -0.358 e. The molecule has 2 amide bonds. The lowest BCUT2D eigenvalue weighted by molar-refractivity contribution is -0.121. The lowest BCUT2D eigenvalue weighted by Gasteiger charge is -2.16. The monoisotopic (exact) mass is 241 g/mol. The van der Waals surface area contributed by atoms with Gasteiger partial charge in [-0.15, -0.1) is 0 Å². The van der Waals surface area contributed by atoms with Crippen LogP contribution in [0.25, 0.3) is 0 Å². The lowest BCUT2D eigenvalue weighted by atomic mass is 10.2. The maximum absolute atomic E-state index is 11.9. The van der Waals surface area contributed by atoms with Crippen molar-refractivity contribution in [2.75, 3.05) is 20.6 Å². The van der Waals surface area contributed by atoms with Crippen molar-refractivity contribution >= 4 is 23.4 Å². The van der Waals surface area contributed by atoms with Crippen LogP contribution < -0.4 is 5.32 Å². The van der Waals surface area contributed by atoms with Gasteiger partial charge in [0.2, 0.25) is 5.91 Å². The predicted molar refractivity (Wildman–Crippen MR) is 60.3 cm³/mol. The zero-order valence-corrected chi connectivity index (χ0v) is 9.78. The molecule has 0 atom stereocenters. The molecule has 0 fully saturated rings. The maximum Gasteiger partial charge on any atom is 0.255 e. The second-order valence-corrected chi connectivity index (χ2v) is 3.60. The van der Waals surface area contributed by atoms with E-state index in [4.69, 9.17) is 11.6 Å². The second-order valence-electron chi connectivity index (χ2n) is 3.19. The minimum atomic E-state index is -0.309. The van der Waals surface area contributed by atoms with Crippen molar-refractivity contribution in [2.45, 2.75) is 0 Å². The Morgan fingerprint density at radius 2 is 2.25 bits per heavy atom. The lowest BCUT2D eigenvalue weighted by Crippen LogP contribution is -2.37. The van der Waals surface area contributed by atoms with E-state index >= 15 is 0 Å². The summed E-state index contributed by atoms with van der Waals surface area (Å²) in [5, 5.41) is 2.71. The molecule has 1 N–H and O–H groups in total. The molecule has 0 aliphatic heterocycles. The zero-order chi connectivity index (χ0) is 12.1. The molecule has 5 nitrogen and oxygen atoms in total. The summed E-state index contributed by atoms with van der Waals surface area (Å²) in [6.45, 7) is -0.00597. The Bertz CT molecular complexity index is 409. The van der Waals surface area contributed by atoms with Crippen molar-refractivity contribution < 1.29 is 9.59 Å². The fourth-order valence-corrected chi connectivity index (χ4v) is 1.32. The van der Waals surface area contributed by atoms with E-state index in [1.165, 1.54) is 37.5 Å². The van der Waals surface area contributed by atoms with Crippen molar-refractivity contribution in [3.05, 3.63) is 29.0 Å². The number of hydrogen-bond donors (Lipinski definition) is 1. The standard InChI is InChI=1S/C10H12ClN3O2/c1-12-9(15)6-14(2)10(16)7-3-4-13-5-8(7)11/h3-5H,6H2,1-2H3,(H,12,15). The minimum absolute atomic E-state index is 0.00597. The number of nitrogens with one attached hydrogen (secondary N) is 1. The molecule has 0 unspecified atom stereocenters. The Labute approximate surface area is 98.4 Å². The number of carbonyl (C=O) groups excluding carboxylic acids is 2. The van der Waals surface area contributed by atoms with Crippen molar-refractivity contribution in [3.8, 4) is 0 Å². The first-order valence-corrected chi connectivity index (χ1v) is 4.99. The first-order chi connectivity index (χ1) is 7.56. The summed E-state index contributed by atoms with van der Waals surface area (Å²) in [5.74, 6) is -0.544. The average molecular weight is 242 g/mol. The molecule has 0 saturated carbocycles. The van der Waals surface area contributed by atoms with Crippen LogP contribution in [0.4, 0.5) is 0 Å². The van der Waals surface area contributed by atoms with Gasteiger partial charge < -0.3 is 10.2 Å². The number of carbonyl (C=O) groups is 2. The molecule has 0 bridgehead atoms. The second kappa shape index (κ2) is 5.46. The Kier molecular flexibility index (Phi) is 4.25. The molecule has 0 aliphatic rings. The van der Waals surface area contributed by atoms with Gasteiger partial charge in [-0.25, -0.2) is 0 Å². The highest BCUT2D eigenvalue weighted by molar-refractivity contribution is 6.33. The third-order valence-corrected chi connectivity index (χ3v) is 2.31. The summed E-state index contributed by atoms with van der Waals surface area (Å²) in [7, 11) is 3.05. The van der Waals surface area contributed by atoms with Crippen molar-refractivity contribution in [3.63, 3.8) is 0 Å². The number of pyridine rings is 1. The molecule has 0 saturated heterocycles. The van der Waals surface area contributed by atoms with Crippen LogP contribution in [-0.4, -0.2) is 42.3 Å². The molecule has 1 heterocycles. The highest BCUT2D eigenvalue weighted by Gasteiger charge is 2.16. The number of amides is 2. The quantitative estimate of drug-likeness (QED) is 0.841. The van der Waals surface area contributed by atoms with Crippen molar-refractivity contribution in [1.29, 1.82) is 0 Å². The van der Waals surface area contributed by atoms with Crippen LogP contribution >= 0.6 is 11.6 Å². The third kappa shape index (κ3) is 2.93. The van der Waals surface area contributed by atoms with Crippen LogP contribution in [-0.2, 0) is 4.79 Å². The van der Waals surface area contributed by atoms with Gasteiger partial charge in [0.25, 0.3) is 5.91 Å². The average Bonchev–Trinajstić information content (AvgIpc) is 2.28. The first kappa shape index (κ1) is 12.4. The van der Waals surface area contributed by atoms with E-state index in [9.17, 15) is 9.59 Å². The maximum atomic E-state index is 11.9. The van der Waals surface area contributed by atoms with Crippen LogP contribution in [0.2, 0.25) is 5.02 Å². The molecule has 16 heavy (non-hydrogen) atoms. The van der Waals surface area contributed by atoms with Gasteiger partial charge in [0.1, 0.15) is 0 Å². The van der Waals surface area contributed by atoms with E-state index in [2.05, 4.69) is 10.3 Å². The SMILES string of the molecule is CNC(=O)CN(C)C(=O)c1ccncc1Cl. The molecule has 6 heteroatoms. The van der Waals surface area contributed by atoms with E-state index in [1.54, 1.807) is 0 Å². The zero-order valence-electron chi connectivity index (χ0n) is 9.03. The highest BCUT2D eigenvalue weighted by Crippen LogP contribution is 2.14. The van der Waals surface area contributed by atoms with Crippen LogP contribution in [0.1, 0.15) is 10.4 Å². The van der Waals surface area contributed by atoms with E-state index in [1.807, 2.05) is 0 Å². The molecule has 1 aromatic heterocycles. The van der Waals surface area contributed by atoms with E-state index in [0.717, 1.165) is 0 Å². The van der Waals surface area contributed by atoms with Gasteiger partial charge in [0.05, 0.1) is 17.1 Å². The van der Waals surface area contributed by atoms with E-state index in [0.29, 0.717) is 5.56 Å². The summed E-state index contributed by atoms with van der Waals surface area (Å²) >= 11 is 5.82. The topological polar surface area (TPSA) is 62.3 Å². The number of likely N-dealkylation sites (N-methyl/N-ethyl adjacent to an activating group) is 2. The molecule has 86 valence electrons. The van der Waals surface area contributed by atoms with Gasteiger partial charge in [-0.1, -0.05) is 11.6 Å². The molecule has 1 rings (SSSR count). The first-order valence-electron chi connectivity index (χ1n) is 4.61. The number of hydrogen-bond acceptors (Lipinski definition) is 3. The number of aromatic nitrogens is 1. The number of rotatable bonds is 3. The Hall–Kier alpha value is -1.62. The van der Waals surface area contributed by atoms with Crippen LogP contribution in [0.3, 0.4) is 0 Å². The molecule has 0 spiro atoms. The van der Waals surface area contributed by atoms with Crippen LogP contribution in [0, 0.1) is 0 Å². The van der Waals surface area contributed by atoms with Crippen molar-refractivity contribution in [2.24, 2.45) is 0 Å². The summed E-state index contributed by atoms with van der Waals surface area (Å²) in [4.78, 5) is 28.0. The van der Waals surface area contributed by atoms with Gasteiger partial charge in [0.15, 0.2) is 0 Å². The molecule has 0 aliphatic carbocycles. The van der Waals surface area contributed by atoms with E-state index < -0.39 is 0 Å². The number of nitrogens with zero attached hydrogens (tertiary/aromatic N) is 2. The van der Waals surface area contributed by atoms with Gasteiger partial charge in [-0.3, -0.25) is 14.6 Å². The third-order valence-electron chi connectivity index (χ3n) is 2.01. The summed E-state index contributed by atoms with van der Waals surface area (Å²) < 4.78 is 0. The molecule has 0 aromatic carbocycles. The van der Waals surface area contributed by atoms with Gasteiger partial charge in [-0.05, 0) is 6.07 Å². The normalized spacial score (nSPS) is 9.69. The summed E-state index contributed by atoms with van der Waals surface area (Å²) in [5.41, 5.74) is 0.336. The van der Waals surface area contributed by atoms with Crippen LogP contribution in [0.15, 0.2) is 18.5 Å². The fourth-order valence-electron chi connectivity index (χ4n) is 1.12. The Morgan fingerprint density at radius 3 is 2.81 bits per heavy atom. The van der Waals surface area contributed by atoms with Gasteiger partial charge in [0, 0.05) is 26.5 Å². The Morgan fingerprint density at radius 1 is 1.56 bits per heavy atom. The molecule has 1 aromatic rings. The molecular weight excluding hydrogens is 230 g/mol. The van der Waals surface area contributed by atoms with Crippen LogP contribution in [0.5, 0.6) is 0 Å². The molecule has 0 radical (unpaired) electrons. The van der Waals surface area contributed by atoms with E-state index in [-0.39, 0.29) is 23.4 Å². The smallest absolute Gasteiger partial charge is 0.255 e. The highest BCUT2D eigenvalue weighted by atomic mass is 35.5. The van der Waals surface area contributed by atoms with Gasteiger partial charge >= 0.3 is 0 Å². The van der Waals surface area contributed by atoms with Gasteiger partial charge in [-0.2, -0.15) is 0 Å². The number of halogens is 1. The summed E-state index contributed by atoms with van der Waals surface area (Å²) in [6, 6.07) is 1.52.